The van der Waals surface area contributed by atoms with Crippen LogP contribution in [0.25, 0.3) is 0 Å². The molecular formula is C73H128N2O7P+. The van der Waals surface area contributed by atoms with Gasteiger partial charge in [-0.15, -0.1) is 0 Å². The molecule has 0 fully saturated rings. The largest absolute Gasteiger partial charge is 0.472 e. The number of likely N-dealkylation sites (N-methyl/N-ethyl adjacent to an activating group) is 1. The molecule has 3 unspecified atom stereocenters. The smallest absolute Gasteiger partial charge is 0.456 e. The number of amides is 1. The molecule has 0 rings (SSSR count). The fourth-order valence-electron chi connectivity index (χ4n) is 9.21. The van der Waals surface area contributed by atoms with Gasteiger partial charge in [0, 0.05) is 12.8 Å². The first kappa shape index (κ1) is 79.4. The van der Waals surface area contributed by atoms with Gasteiger partial charge in [-0.3, -0.25) is 18.6 Å². The normalized spacial score (nSPS) is 14.3. The summed E-state index contributed by atoms with van der Waals surface area (Å²) >= 11 is 0. The standard InChI is InChI=1S/C73H127N2O7P/c1-7-10-13-16-19-22-25-27-29-31-33-34-35-36-37-38-39-40-42-44-46-48-51-54-57-60-63-66-73(77)82-71(64-61-58-55-52-49-24-21-18-15-12-9-3)70(69-81-83(78,79)80-68-67-75(4,5)6)74-72(76)65-62-59-56-53-50-47-45-43-41-32-30-28-26-23-20-17-14-11-8-2/h11,14,19-20,22-23,27-30,33-34,41,43,47,50,56,59,61,64,70-71H,7-10,12-13,15-18,21,24-26,31-32,35-40,42,44-46,48-49,51-55,57-58,60,62-63,65-69H2,1-6H3,(H-,74,76,78,79)/p+1/b14-11-,22-19-,23-20-,29-27-,30-28-,34-33-,43-41-,50-47-,59-56-,64-61-. The summed E-state index contributed by atoms with van der Waals surface area (Å²) in [7, 11) is 1.44. The Morgan fingerprint density at radius 1 is 0.434 bits per heavy atom. The monoisotopic (exact) mass is 1180 g/mol. The van der Waals surface area contributed by atoms with E-state index in [1.54, 1.807) is 0 Å². The van der Waals surface area contributed by atoms with Crippen LogP contribution in [0.4, 0.5) is 0 Å². The number of rotatable bonds is 60. The number of ether oxygens (including phenoxy) is 1. The number of phosphoric acid groups is 1. The highest BCUT2D eigenvalue weighted by Gasteiger charge is 2.30. The van der Waals surface area contributed by atoms with Gasteiger partial charge in [-0.05, 0) is 109 Å². The Kier molecular flexibility index (Phi) is 58.8. The fraction of sp³-hybridized carbons (Fsp3) is 0.699. The van der Waals surface area contributed by atoms with Crippen molar-refractivity contribution < 1.29 is 37.3 Å². The molecule has 0 aromatic heterocycles. The molecule has 0 spiro atoms. The number of carbonyl (C=O) groups excluding carboxylic acids is 2. The molecule has 0 aliphatic heterocycles. The number of unbranched alkanes of at least 4 members (excludes halogenated alkanes) is 26. The molecule has 0 aromatic carbocycles. The van der Waals surface area contributed by atoms with E-state index in [0.717, 1.165) is 89.9 Å². The number of phosphoric ester groups is 1. The summed E-state index contributed by atoms with van der Waals surface area (Å²) in [6.07, 6.45) is 86.6. The zero-order valence-corrected chi connectivity index (χ0v) is 55.3. The van der Waals surface area contributed by atoms with Crippen LogP contribution in [0.1, 0.15) is 278 Å². The van der Waals surface area contributed by atoms with Gasteiger partial charge in [0.25, 0.3) is 0 Å². The van der Waals surface area contributed by atoms with Crippen LogP contribution in [0, 0.1) is 0 Å². The second kappa shape index (κ2) is 61.5. The summed E-state index contributed by atoms with van der Waals surface area (Å²) in [4.78, 5) is 37.8. The van der Waals surface area contributed by atoms with Crippen molar-refractivity contribution in [3.05, 3.63) is 122 Å². The van der Waals surface area contributed by atoms with Gasteiger partial charge >= 0.3 is 13.8 Å². The highest BCUT2D eigenvalue weighted by molar-refractivity contribution is 7.47. The van der Waals surface area contributed by atoms with Gasteiger partial charge in [0.15, 0.2) is 0 Å². The van der Waals surface area contributed by atoms with Crippen LogP contribution in [-0.2, 0) is 27.9 Å². The van der Waals surface area contributed by atoms with E-state index >= 15 is 0 Å². The van der Waals surface area contributed by atoms with Crippen molar-refractivity contribution in [2.75, 3.05) is 40.9 Å². The SMILES string of the molecule is CC/C=C\C/C=C\C/C=C\C/C=C\C/C=C\C/C=C\CCC(=O)NC(COP(=O)(O)OCC[N+](C)(C)C)C(/C=C\CCCCCCCCCCC)OC(=O)CCCCCCCCCCCCCCCC/C=C\C/C=C\C/C=C\CCCCC. The summed E-state index contributed by atoms with van der Waals surface area (Å²) < 4.78 is 30.7. The molecule has 2 N–H and O–H groups in total. The average Bonchev–Trinajstić information content (AvgIpc) is 3.52. The number of nitrogens with zero attached hydrogens (tertiary/aromatic N) is 1. The summed E-state index contributed by atoms with van der Waals surface area (Å²) in [5, 5.41) is 3.01. The molecule has 0 heterocycles. The number of hydrogen-bond acceptors (Lipinski definition) is 6. The molecule has 0 aliphatic carbocycles. The predicted molar refractivity (Wildman–Crippen MR) is 360 cm³/mol. The molecule has 3 atom stereocenters. The third kappa shape index (κ3) is 62.8. The Balaban J connectivity index is 5.13. The lowest BCUT2D eigenvalue weighted by atomic mass is 10.0. The van der Waals surface area contributed by atoms with E-state index in [9.17, 15) is 19.0 Å². The van der Waals surface area contributed by atoms with Crippen molar-refractivity contribution in [1.29, 1.82) is 0 Å². The minimum Gasteiger partial charge on any atom is -0.456 e. The zero-order chi connectivity index (χ0) is 60.7. The lowest BCUT2D eigenvalue weighted by Crippen LogP contribution is -2.47. The number of carbonyl (C=O) groups is 2. The lowest BCUT2D eigenvalue weighted by molar-refractivity contribution is -0.870. The van der Waals surface area contributed by atoms with Crippen molar-refractivity contribution in [2.24, 2.45) is 0 Å². The van der Waals surface area contributed by atoms with Crippen molar-refractivity contribution in [3.63, 3.8) is 0 Å². The van der Waals surface area contributed by atoms with Crippen molar-refractivity contribution in [1.82, 2.24) is 5.32 Å². The Labute approximate surface area is 512 Å². The number of esters is 1. The maximum absolute atomic E-state index is 13.5. The number of quaternary nitrogens is 1. The molecule has 1 amide bonds. The summed E-state index contributed by atoms with van der Waals surface area (Å²) in [5.74, 6) is -0.607. The van der Waals surface area contributed by atoms with E-state index < -0.39 is 20.0 Å². The molecule has 0 radical (unpaired) electrons. The highest BCUT2D eigenvalue weighted by atomic mass is 31.2. The quantitative estimate of drug-likeness (QED) is 0.0205. The van der Waals surface area contributed by atoms with Crippen LogP contribution in [0.3, 0.4) is 0 Å². The van der Waals surface area contributed by atoms with E-state index in [1.165, 1.54) is 148 Å². The first-order chi connectivity index (χ1) is 40.4. The van der Waals surface area contributed by atoms with Crippen LogP contribution in [0.15, 0.2) is 122 Å². The summed E-state index contributed by atoms with van der Waals surface area (Å²) in [6, 6.07) is -0.896. The van der Waals surface area contributed by atoms with Crippen molar-refractivity contribution >= 4 is 19.7 Å². The van der Waals surface area contributed by atoms with Crippen LogP contribution in [0.2, 0.25) is 0 Å². The third-order valence-corrected chi connectivity index (χ3v) is 15.4. The van der Waals surface area contributed by atoms with Gasteiger partial charge in [-0.1, -0.05) is 277 Å². The van der Waals surface area contributed by atoms with E-state index in [2.05, 4.69) is 129 Å². The second-order valence-electron chi connectivity index (χ2n) is 23.6. The fourth-order valence-corrected chi connectivity index (χ4v) is 9.94. The average molecular weight is 1180 g/mol. The van der Waals surface area contributed by atoms with Gasteiger partial charge in [-0.25, -0.2) is 4.57 Å². The molecule has 476 valence electrons. The van der Waals surface area contributed by atoms with E-state index in [1.807, 2.05) is 39.4 Å². The third-order valence-electron chi connectivity index (χ3n) is 14.4. The minimum atomic E-state index is -4.48. The maximum Gasteiger partial charge on any atom is 0.472 e. The van der Waals surface area contributed by atoms with E-state index in [-0.39, 0.29) is 37.9 Å². The number of allylic oxidation sites excluding steroid dienone is 19. The first-order valence-electron chi connectivity index (χ1n) is 33.9. The Bertz CT molecular complexity index is 1830. The Morgan fingerprint density at radius 2 is 0.783 bits per heavy atom. The van der Waals surface area contributed by atoms with Crippen LogP contribution < -0.4 is 5.32 Å². The van der Waals surface area contributed by atoms with Gasteiger partial charge in [0.1, 0.15) is 19.3 Å². The molecule has 9 nitrogen and oxygen atoms in total. The van der Waals surface area contributed by atoms with E-state index in [4.69, 9.17) is 13.8 Å². The van der Waals surface area contributed by atoms with Crippen molar-refractivity contribution in [2.45, 2.75) is 290 Å². The van der Waals surface area contributed by atoms with Gasteiger partial charge < -0.3 is 19.4 Å². The molecule has 0 aliphatic rings. The molecule has 0 aromatic rings. The number of hydrogen-bond donors (Lipinski definition) is 2. The van der Waals surface area contributed by atoms with Crippen molar-refractivity contribution in [3.8, 4) is 0 Å². The summed E-state index contributed by atoms with van der Waals surface area (Å²) in [5.41, 5.74) is 0. The molecule has 10 heteroatoms. The molecule has 83 heavy (non-hydrogen) atoms. The topological polar surface area (TPSA) is 111 Å². The minimum absolute atomic E-state index is 0.0212. The van der Waals surface area contributed by atoms with Gasteiger partial charge in [0.05, 0.1) is 33.8 Å². The summed E-state index contributed by atoms with van der Waals surface area (Å²) in [6.45, 7) is 6.81. The Morgan fingerprint density at radius 3 is 1.20 bits per heavy atom. The molecule has 0 saturated heterocycles. The van der Waals surface area contributed by atoms with Crippen LogP contribution >= 0.6 is 7.82 Å². The number of nitrogens with one attached hydrogen (secondary N) is 1. The maximum atomic E-state index is 13.5. The zero-order valence-electron chi connectivity index (χ0n) is 54.4. The van der Waals surface area contributed by atoms with Crippen LogP contribution in [0.5, 0.6) is 0 Å². The first-order valence-corrected chi connectivity index (χ1v) is 35.4. The lowest BCUT2D eigenvalue weighted by Gasteiger charge is -2.27. The van der Waals surface area contributed by atoms with Gasteiger partial charge in [-0.2, -0.15) is 0 Å². The molecular weight excluding hydrogens is 1050 g/mol. The van der Waals surface area contributed by atoms with E-state index in [0.29, 0.717) is 17.4 Å². The van der Waals surface area contributed by atoms with Gasteiger partial charge in [0.2, 0.25) is 5.91 Å². The predicted octanol–water partition coefficient (Wildman–Crippen LogP) is 21.4. The highest BCUT2D eigenvalue weighted by Crippen LogP contribution is 2.43. The molecule has 0 saturated carbocycles. The molecule has 0 bridgehead atoms. The second-order valence-corrected chi connectivity index (χ2v) is 25.1. The Hall–Kier alpha value is -3.59. The van der Waals surface area contributed by atoms with Crippen LogP contribution in [-0.4, -0.2) is 74.3 Å².